The number of carboxylic acids is 1. The van der Waals surface area contributed by atoms with Crippen LogP contribution in [0.2, 0.25) is 0 Å². The van der Waals surface area contributed by atoms with Crippen molar-refractivity contribution in [3.63, 3.8) is 0 Å². The Bertz CT molecular complexity index is 2740. The third-order valence-corrected chi connectivity index (χ3v) is 17.7. The van der Waals surface area contributed by atoms with E-state index in [9.17, 15) is 85.1 Å². The lowest BCUT2D eigenvalue weighted by atomic mass is 9.78. The summed E-state index contributed by atoms with van der Waals surface area (Å²) in [5.41, 5.74) is 0. The number of carbonyl (C=O) groups excluding carboxylic acids is 1. The van der Waals surface area contributed by atoms with Crippen molar-refractivity contribution in [2.45, 2.75) is 178 Å². The average Bonchev–Trinajstić information content (AvgIpc) is 2.94. The SMILES string of the molecule is CC[C@@H]1O[C@H](C)C(OS(=O)(=O)[O-])C(OSOO[O-])[C@@H]1O[C@@H]1OC2(OC[O-])CO[C@@H]1[C@H](C)C2O[C@@H]1OC(COS(=O)(=O)[O-])C(O[C@@H]2O[C@@H](C(=O)[O-])[C@@H](O[C@H]3O[C@@H](COS(=O)(=O)[O-])[C@@H](C)C(C)C3C)C(C)C2C)[C@H](OS(=O)(=O)[O-])C1OS(=O)(=O)[O-]. The van der Waals surface area contributed by atoms with Crippen LogP contribution in [-0.4, -0.2) is 214 Å². The van der Waals surface area contributed by atoms with Crippen molar-refractivity contribution < 1.29 is 172 Å². The molecule has 11 unspecified atom stereocenters. The van der Waals surface area contributed by atoms with Crippen LogP contribution in [-0.2, 0) is 143 Å². The minimum atomic E-state index is -6.23. The molecule has 7 aliphatic rings. The zero-order valence-corrected chi connectivity index (χ0v) is 49.3. The first-order valence-electron chi connectivity index (χ1n) is 24.7. The van der Waals surface area contributed by atoms with Crippen molar-refractivity contribution in [2.75, 3.05) is 26.6 Å². The lowest BCUT2D eigenvalue weighted by Gasteiger charge is -2.58. The van der Waals surface area contributed by atoms with E-state index in [1.807, 2.05) is 0 Å². The van der Waals surface area contributed by atoms with Gasteiger partial charge in [0.25, 0.3) is 0 Å². The Morgan fingerprint density at radius 3 is 1.63 bits per heavy atom. The molecule has 0 aromatic heterocycles. The van der Waals surface area contributed by atoms with Gasteiger partial charge in [-0.3, -0.25) is 30.1 Å². The first-order chi connectivity index (χ1) is 38.3. The van der Waals surface area contributed by atoms with Crippen molar-refractivity contribution in [3.05, 3.63) is 0 Å². The number of hydrogen-bond acceptors (Lipinski definition) is 39. The molecule has 0 aromatic rings. The summed E-state index contributed by atoms with van der Waals surface area (Å²) in [4.78, 5) is 12.9. The zero-order chi connectivity index (χ0) is 62.1. The van der Waals surface area contributed by atoms with Crippen molar-refractivity contribution >= 4 is 70.3 Å². The van der Waals surface area contributed by atoms with Gasteiger partial charge in [0, 0.05) is 17.8 Å². The maximum atomic E-state index is 12.9. The summed E-state index contributed by atoms with van der Waals surface area (Å²) >= 11 is -0.154. The molecule has 38 nitrogen and oxygen atoms in total. The first kappa shape index (κ1) is 70.6. The molecule has 0 saturated carbocycles. The van der Waals surface area contributed by atoms with Gasteiger partial charge in [0.05, 0.1) is 43.6 Å². The van der Waals surface area contributed by atoms with Crippen LogP contribution in [0.4, 0.5) is 0 Å². The molecule has 25 atom stereocenters. The molecular weight excluding hydrogens is 1270 g/mol. The largest absolute Gasteiger partial charge is 0.834 e. The van der Waals surface area contributed by atoms with Gasteiger partial charge in [-0.15, -0.1) is 4.33 Å². The molecule has 2 bridgehead atoms. The number of ether oxygens (including phenoxy) is 11. The van der Waals surface area contributed by atoms with E-state index in [0.29, 0.717) is 0 Å². The first-order valence-corrected chi connectivity index (χ1v) is 32.0. The average molecular weight is 1330 g/mol. The monoisotopic (exact) mass is 1330 g/mol. The number of carboxylic acid groups (broad SMARTS) is 1. The quantitative estimate of drug-likeness (QED) is 0.0134. The molecule has 0 spiro atoms. The van der Waals surface area contributed by atoms with Crippen LogP contribution in [0.1, 0.15) is 61.8 Å². The highest BCUT2D eigenvalue weighted by atomic mass is 32.3. The summed E-state index contributed by atoms with van der Waals surface area (Å²) < 4.78 is 279. The lowest BCUT2D eigenvalue weighted by Crippen LogP contribution is -2.74. The Hall–Kier alpha value is -1.47. The Kier molecular flexibility index (Phi) is 23.9. The van der Waals surface area contributed by atoms with Crippen LogP contribution in [0.5, 0.6) is 0 Å². The second-order valence-corrected chi connectivity index (χ2v) is 25.6. The van der Waals surface area contributed by atoms with Gasteiger partial charge in [-0.1, -0.05) is 48.5 Å². The van der Waals surface area contributed by atoms with E-state index in [-0.39, 0.29) is 24.7 Å². The van der Waals surface area contributed by atoms with Gasteiger partial charge in [-0.2, -0.15) is 0 Å². The standard InChI is InChI=1S/C39H65O38S6/c1-9-21-27(29(72-78-77-76-43)26(20(8)63-21)73-81(50,51)52)68-38-25-19(7)33(39(71-38,12-59-25)60-13-40)70-37-32(75-83(56,57)58)30(74-82(53,54)55)28(23(65-37)11-62-80(47,48)49)67-36-18(6)16(4)24(31(69-36)34(41)42)66-35-17(5)14(2)15(3)22(64-35)10-61-79(44,45)46/h14-33,35-38,43H,9-13H2,1-8H3,(H,41,42)(H,44,45,46)(H,47,48,49)(H,50,51,52)(H,53,54,55)(H,56,57,58)/q-1/p-7/t14?,15-,16?,17?,18?,19-,20+,21-,22-,23?,24-,25+,26?,27+,28?,29?,30-,31+,32?,33?,35+,36+,37-,38+,39?/m0/s1. The second-order valence-electron chi connectivity index (χ2n) is 20.0. The number of aliphatic carboxylic acids is 1. The fourth-order valence-electron chi connectivity index (χ4n) is 10.6. The predicted octanol–water partition coefficient (Wildman–Crippen LogP) is -6.09. The van der Waals surface area contributed by atoms with E-state index in [4.69, 9.17) is 68.8 Å². The van der Waals surface area contributed by atoms with Gasteiger partial charge in [-0.25, -0.2) is 42.1 Å². The van der Waals surface area contributed by atoms with Crippen LogP contribution >= 0.6 is 12.3 Å². The molecule has 83 heavy (non-hydrogen) atoms. The molecule has 0 aromatic carbocycles. The molecule has 44 heteroatoms. The highest BCUT2D eigenvalue weighted by Crippen LogP contribution is 2.48. The minimum Gasteiger partial charge on any atom is -0.834 e. The molecule has 0 aliphatic carbocycles. The molecule has 7 saturated heterocycles. The Labute approximate surface area is 480 Å². The van der Waals surface area contributed by atoms with Crippen LogP contribution in [0.3, 0.4) is 0 Å². The highest BCUT2D eigenvalue weighted by Gasteiger charge is 2.64. The third-order valence-electron chi connectivity index (χ3n) is 15.0. The molecule has 7 aliphatic heterocycles. The number of hydrogen-bond donors (Lipinski definition) is 0. The number of rotatable bonds is 28. The van der Waals surface area contributed by atoms with E-state index in [2.05, 4.69) is 17.7 Å². The third kappa shape index (κ3) is 18.1. The van der Waals surface area contributed by atoms with Crippen molar-refractivity contribution in [2.24, 2.45) is 35.5 Å². The molecule has 7 heterocycles. The van der Waals surface area contributed by atoms with Crippen LogP contribution in [0.25, 0.3) is 0 Å². The predicted molar refractivity (Wildman–Crippen MR) is 243 cm³/mol. The molecule has 7 rings (SSSR count). The van der Waals surface area contributed by atoms with Gasteiger partial charge in [0.2, 0.25) is 57.8 Å². The fourth-order valence-corrected chi connectivity index (χ4v) is 13.0. The molecular formula is C39H58O38S6-8. The van der Waals surface area contributed by atoms with Crippen LogP contribution in [0, 0.1) is 35.5 Å². The van der Waals surface area contributed by atoms with E-state index >= 15 is 0 Å². The molecule has 7 fully saturated rings. The maximum Gasteiger partial charge on any atom is 0.220 e. The lowest BCUT2D eigenvalue weighted by molar-refractivity contribution is -0.777. The van der Waals surface area contributed by atoms with E-state index in [1.54, 1.807) is 27.7 Å². The number of carbonyl (C=O) groups is 1. The summed E-state index contributed by atoms with van der Waals surface area (Å²) in [7, 11) is -29.0. The van der Waals surface area contributed by atoms with E-state index in [0.717, 1.165) is 0 Å². The van der Waals surface area contributed by atoms with Crippen LogP contribution < -0.4 is 15.5 Å². The van der Waals surface area contributed by atoms with Gasteiger partial charge in [0.15, 0.2) is 43.6 Å². The number of fused-ring (bicyclic) bond motifs is 3. The molecule has 0 amide bonds. The molecule has 0 radical (unpaired) electrons. The molecule has 486 valence electrons. The van der Waals surface area contributed by atoms with E-state index < -0.39 is 231 Å². The summed E-state index contributed by atoms with van der Waals surface area (Å²) in [5, 5.41) is 39.2. The topological polar surface area (TPSA) is 548 Å². The summed E-state index contributed by atoms with van der Waals surface area (Å²) in [6.07, 6.45) is -34.7. The fraction of sp³-hybridized carbons (Fsp3) is 0.974. The Morgan fingerprint density at radius 2 is 1.07 bits per heavy atom. The Balaban J connectivity index is 1.34. The summed E-state index contributed by atoms with van der Waals surface area (Å²) in [5.74, 6) is -9.76. The van der Waals surface area contributed by atoms with Crippen molar-refractivity contribution in [1.82, 2.24) is 0 Å². The van der Waals surface area contributed by atoms with E-state index in [1.165, 1.54) is 27.7 Å². The van der Waals surface area contributed by atoms with Gasteiger partial charge < -0.3 is 95.1 Å². The van der Waals surface area contributed by atoms with Crippen LogP contribution in [0.15, 0.2) is 0 Å². The van der Waals surface area contributed by atoms with Crippen molar-refractivity contribution in [1.29, 1.82) is 0 Å². The summed E-state index contributed by atoms with van der Waals surface area (Å²) in [6.45, 7) is 7.07. The maximum absolute atomic E-state index is 12.9. The summed E-state index contributed by atoms with van der Waals surface area (Å²) in [6, 6.07) is 0. The smallest absolute Gasteiger partial charge is 0.220 e. The zero-order valence-electron chi connectivity index (χ0n) is 44.4. The van der Waals surface area contributed by atoms with Gasteiger partial charge in [0.1, 0.15) is 61.5 Å². The van der Waals surface area contributed by atoms with Crippen molar-refractivity contribution in [3.8, 4) is 0 Å². The minimum absolute atomic E-state index is 0.0257. The Morgan fingerprint density at radius 1 is 0.554 bits per heavy atom. The normalized spacial score (nSPS) is 42.1. The second kappa shape index (κ2) is 28.1. The highest BCUT2D eigenvalue weighted by molar-refractivity contribution is 7.89. The van der Waals surface area contributed by atoms with Gasteiger partial charge >= 0.3 is 0 Å². The van der Waals surface area contributed by atoms with Gasteiger partial charge in [-0.05, 0) is 37.9 Å². The molecule has 0 N–H and O–H groups in total.